The van der Waals surface area contributed by atoms with Crippen LogP contribution in [0.2, 0.25) is 0 Å². The molecule has 120 valence electrons. The van der Waals surface area contributed by atoms with Gasteiger partial charge in [-0.3, -0.25) is 0 Å². The minimum atomic E-state index is -3.85. The molecule has 0 aliphatic carbocycles. The number of thiophene rings is 1. The number of methoxy groups -OCH3 is 1. The van der Waals surface area contributed by atoms with Crippen LogP contribution in [0.25, 0.3) is 0 Å². The number of hydrogen-bond donors (Lipinski definition) is 2. The third-order valence-corrected chi connectivity index (χ3v) is 6.63. The van der Waals surface area contributed by atoms with Crippen LogP contribution in [0, 0.1) is 6.92 Å². The minimum absolute atomic E-state index is 0.0147. The van der Waals surface area contributed by atoms with E-state index in [1.807, 2.05) is 13.8 Å². The van der Waals surface area contributed by atoms with Crippen LogP contribution in [0.3, 0.4) is 0 Å². The van der Waals surface area contributed by atoms with E-state index in [0.29, 0.717) is 18.4 Å². The van der Waals surface area contributed by atoms with Crippen LogP contribution in [-0.2, 0) is 14.8 Å². The van der Waals surface area contributed by atoms with Gasteiger partial charge in [0.2, 0.25) is 10.0 Å². The van der Waals surface area contributed by atoms with Crippen LogP contribution in [0.15, 0.2) is 10.3 Å². The summed E-state index contributed by atoms with van der Waals surface area (Å²) in [7, 11) is -2.62. The number of ether oxygens (including phenoxy) is 1. The monoisotopic (exact) mass is 334 g/mol. The minimum Gasteiger partial charge on any atom is -0.465 e. The first-order chi connectivity index (χ1) is 9.76. The normalized spacial score (nSPS) is 12.4. The van der Waals surface area contributed by atoms with Crippen molar-refractivity contribution in [2.24, 2.45) is 5.73 Å². The molecule has 0 saturated heterocycles. The first kappa shape index (κ1) is 18.1. The third kappa shape index (κ3) is 3.63. The standard InChI is InChI=1S/C13H22N2O4S2/c1-5-13(6-2,8-14)15-21(17,18)11-9(3)7-20-10(11)12(16)19-4/h7,15H,5-6,8,14H2,1-4H3. The van der Waals surface area contributed by atoms with Gasteiger partial charge >= 0.3 is 5.97 Å². The molecule has 1 aromatic heterocycles. The summed E-state index contributed by atoms with van der Waals surface area (Å²) in [6, 6.07) is 0. The smallest absolute Gasteiger partial charge is 0.349 e. The summed E-state index contributed by atoms with van der Waals surface area (Å²) >= 11 is 1.06. The average Bonchev–Trinajstić information content (AvgIpc) is 2.86. The van der Waals surface area contributed by atoms with Crippen LogP contribution in [-0.4, -0.2) is 33.6 Å². The lowest BCUT2D eigenvalue weighted by Crippen LogP contribution is -2.52. The predicted octanol–water partition coefficient (Wildman–Crippen LogP) is 1.64. The Balaban J connectivity index is 3.32. The molecule has 6 nitrogen and oxygen atoms in total. The first-order valence-electron chi connectivity index (χ1n) is 6.67. The molecule has 1 rings (SSSR count). The molecule has 0 saturated carbocycles. The largest absolute Gasteiger partial charge is 0.465 e. The van der Waals surface area contributed by atoms with Gasteiger partial charge < -0.3 is 10.5 Å². The van der Waals surface area contributed by atoms with Crippen LogP contribution < -0.4 is 10.5 Å². The molecule has 1 heterocycles. The Hall–Kier alpha value is -0.960. The van der Waals surface area contributed by atoms with Crippen molar-refractivity contribution in [3.63, 3.8) is 0 Å². The van der Waals surface area contributed by atoms with E-state index in [9.17, 15) is 13.2 Å². The van der Waals surface area contributed by atoms with Crippen molar-refractivity contribution >= 4 is 27.3 Å². The fourth-order valence-electron chi connectivity index (χ4n) is 2.06. The molecule has 1 aromatic rings. The van der Waals surface area contributed by atoms with Crippen molar-refractivity contribution in [1.29, 1.82) is 0 Å². The lowest BCUT2D eigenvalue weighted by molar-refractivity contribution is 0.0602. The fourth-order valence-corrected chi connectivity index (χ4v) is 5.32. The van der Waals surface area contributed by atoms with E-state index in [1.165, 1.54) is 7.11 Å². The van der Waals surface area contributed by atoms with E-state index < -0.39 is 21.5 Å². The Morgan fingerprint density at radius 3 is 2.43 bits per heavy atom. The van der Waals surface area contributed by atoms with E-state index >= 15 is 0 Å². The lowest BCUT2D eigenvalue weighted by atomic mass is 9.95. The first-order valence-corrected chi connectivity index (χ1v) is 9.03. The van der Waals surface area contributed by atoms with E-state index in [1.54, 1.807) is 12.3 Å². The molecular weight excluding hydrogens is 312 g/mol. The summed E-state index contributed by atoms with van der Waals surface area (Å²) in [6.07, 6.45) is 1.13. The van der Waals surface area contributed by atoms with Gasteiger partial charge in [0.15, 0.2) is 0 Å². The maximum Gasteiger partial charge on any atom is 0.349 e. The maximum atomic E-state index is 12.7. The molecule has 0 atom stereocenters. The van der Waals surface area contributed by atoms with Gasteiger partial charge in [0.25, 0.3) is 0 Å². The number of carbonyl (C=O) groups excluding carboxylic acids is 1. The van der Waals surface area contributed by atoms with Crippen molar-refractivity contribution in [3.05, 3.63) is 15.8 Å². The molecule has 0 aromatic carbocycles. The van der Waals surface area contributed by atoms with Gasteiger partial charge in [-0.15, -0.1) is 11.3 Å². The van der Waals surface area contributed by atoms with Gasteiger partial charge in [-0.05, 0) is 30.7 Å². The van der Waals surface area contributed by atoms with Crippen LogP contribution >= 0.6 is 11.3 Å². The number of hydrogen-bond acceptors (Lipinski definition) is 6. The maximum absolute atomic E-state index is 12.7. The number of nitrogens with one attached hydrogen (secondary N) is 1. The quantitative estimate of drug-likeness (QED) is 0.739. The molecule has 8 heteroatoms. The second kappa shape index (κ2) is 6.87. The van der Waals surface area contributed by atoms with Crippen molar-refractivity contribution < 1.29 is 17.9 Å². The van der Waals surface area contributed by atoms with Crippen molar-refractivity contribution in [1.82, 2.24) is 4.72 Å². The molecule has 0 fully saturated rings. The van der Waals surface area contributed by atoms with E-state index in [4.69, 9.17) is 5.73 Å². The highest BCUT2D eigenvalue weighted by Crippen LogP contribution is 2.29. The summed E-state index contributed by atoms with van der Waals surface area (Å²) in [5.74, 6) is -0.653. The summed E-state index contributed by atoms with van der Waals surface area (Å²) < 4.78 is 32.7. The van der Waals surface area contributed by atoms with E-state index in [2.05, 4.69) is 9.46 Å². The second-order valence-electron chi connectivity index (χ2n) is 4.87. The fraction of sp³-hybridized carbons (Fsp3) is 0.615. The Bertz CT molecular complexity index is 595. The van der Waals surface area contributed by atoms with Crippen molar-refractivity contribution in [2.45, 2.75) is 44.0 Å². The molecule has 0 aliphatic rings. The summed E-state index contributed by atoms with van der Waals surface area (Å²) in [4.78, 5) is 11.8. The molecule has 21 heavy (non-hydrogen) atoms. The van der Waals surface area contributed by atoms with Gasteiger partial charge in [-0.1, -0.05) is 13.8 Å². The summed E-state index contributed by atoms with van der Waals surface area (Å²) in [5.41, 5.74) is 5.55. The van der Waals surface area contributed by atoms with Crippen LogP contribution in [0.5, 0.6) is 0 Å². The van der Waals surface area contributed by atoms with E-state index in [-0.39, 0.29) is 16.3 Å². The van der Waals surface area contributed by atoms with Crippen molar-refractivity contribution in [3.8, 4) is 0 Å². The Labute approximate surface area is 129 Å². The number of aryl methyl sites for hydroxylation is 1. The zero-order valence-corrected chi connectivity index (χ0v) is 14.4. The summed E-state index contributed by atoms with van der Waals surface area (Å²) in [6.45, 7) is 5.59. The van der Waals surface area contributed by atoms with Gasteiger partial charge in [0.05, 0.1) is 7.11 Å². The Kier molecular flexibility index (Phi) is 5.92. The highest BCUT2D eigenvalue weighted by molar-refractivity contribution is 7.89. The van der Waals surface area contributed by atoms with Crippen molar-refractivity contribution in [2.75, 3.05) is 13.7 Å². The molecule has 0 radical (unpaired) electrons. The molecule has 0 amide bonds. The molecule has 0 aliphatic heterocycles. The Morgan fingerprint density at radius 1 is 1.43 bits per heavy atom. The van der Waals surface area contributed by atoms with Gasteiger partial charge in [0, 0.05) is 12.1 Å². The molecule has 0 bridgehead atoms. The highest BCUT2D eigenvalue weighted by Gasteiger charge is 2.35. The number of sulfonamides is 1. The van der Waals surface area contributed by atoms with Gasteiger partial charge in [0.1, 0.15) is 9.77 Å². The van der Waals surface area contributed by atoms with Gasteiger partial charge in [-0.25, -0.2) is 17.9 Å². The Morgan fingerprint density at radius 2 is 2.00 bits per heavy atom. The predicted molar refractivity (Wildman–Crippen MR) is 83.1 cm³/mol. The molecular formula is C13H22N2O4S2. The topological polar surface area (TPSA) is 98.5 Å². The van der Waals surface area contributed by atoms with E-state index in [0.717, 1.165) is 11.3 Å². The average molecular weight is 334 g/mol. The molecule has 0 unspecified atom stereocenters. The lowest BCUT2D eigenvalue weighted by Gasteiger charge is -2.31. The summed E-state index contributed by atoms with van der Waals surface area (Å²) in [5, 5.41) is 1.63. The zero-order chi connectivity index (χ0) is 16.3. The number of esters is 1. The van der Waals surface area contributed by atoms with Crippen LogP contribution in [0.1, 0.15) is 41.9 Å². The molecule has 3 N–H and O–H groups in total. The van der Waals surface area contributed by atoms with Gasteiger partial charge in [-0.2, -0.15) is 0 Å². The number of rotatable bonds is 7. The highest BCUT2D eigenvalue weighted by atomic mass is 32.2. The van der Waals surface area contributed by atoms with Crippen LogP contribution in [0.4, 0.5) is 0 Å². The molecule has 0 spiro atoms. The number of carbonyl (C=O) groups is 1. The number of nitrogens with two attached hydrogens (primary N) is 1. The second-order valence-corrected chi connectivity index (χ2v) is 7.36. The SMILES string of the molecule is CCC(CC)(CN)NS(=O)(=O)c1c(C)csc1C(=O)OC. The zero-order valence-electron chi connectivity index (χ0n) is 12.7. The third-order valence-electron chi connectivity index (χ3n) is 3.65.